The number of hydrogen-bond acceptors (Lipinski definition) is 3. The number of aldehydes is 1. The second-order valence-corrected chi connectivity index (χ2v) is 3.57. The molecular weight excluding hydrogens is 192 g/mol. The first-order valence-electron chi connectivity index (χ1n) is 5.18. The Morgan fingerprint density at radius 1 is 1.07 bits per heavy atom. The monoisotopic (exact) mass is 206 g/mol. The Labute approximate surface area is 89.0 Å². The molecule has 1 aromatic rings. The SMILES string of the molecule is O=Cc1ccc(C2OCCCCO2)cc1. The molecule has 1 aliphatic heterocycles. The summed E-state index contributed by atoms with van der Waals surface area (Å²) in [5, 5.41) is 0. The Morgan fingerprint density at radius 2 is 1.67 bits per heavy atom. The molecule has 0 amide bonds. The molecule has 0 unspecified atom stereocenters. The van der Waals surface area contributed by atoms with Gasteiger partial charge in [-0.3, -0.25) is 4.79 Å². The highest BCUT2D eigenvalue weighted by atomic mass is 16.7. The van der Waals surface area contributed by atoms with Gasteiger partial charge in [0.2, 0.25) is 0 Å². The van der Waals surface area contributed by atoms with Crippen LogP contribution in [0.15, 0.2) is 24.3 Å². The number of carbonyl (C=O) groups is 1. The first-order valence-corrected chi connectivity index (χ1v) is 5.18. The highest BCUT2D eigenvalue weighted by molar-refractivity contribution is 5.74. The van der Waals surface area contributed by atoms with Gasteiger partial charge in [-0.05, 0) is 12.8 Å². The van der Waals surface area contributed by atoms with Gasteiger partial charge in [0.25, 0.3) is 0 Å². The van der Waals surface area contributed by atoms with Crippen molar-refractivity contribution in [3.8, 4) is 0 Å². The Morgan fingerprint density at radius 3 is 2.20 bits per heavy atom. The molecule has 0 radical (unpaired) electrons. The van der Waals surface area contributed by atoms with Crippen LogP contribution in [0.3, 0.4) is 0 Å². The fourth-order valence-corrected chi connectivity index (χ4v) is 1.56. The maximum atomic E-state index is 10.5. The van der Waals surface area contributed by atoms with E-state index in [2.05, 4.69) is 0 Å². The summed E-state index contributed by atoms with van der Waals surface area (Å²) < 4.78 is 11.1. The lowest BCUT2D eigenvalue weighted by Gasteiger charge is -2.15. The molecule has 2 rings (SSSR count). The summed E-state index contributed by atoms with van der Waals surface area (Å²) >= 11 is 0. The standard InChI is InChI=1S/C12H14O3/c13-9-10-3-5-11(6-4-10)12-14-7-1-2-8-15-12/h3-6,9,12H,1-2,7-8H2. The third-order valence-corrected chi connectivity index (χ3v) is 2.42. The molecule has 1 aromatic carbocycles. The molecule has 3 nitrogen and oxygen atoms in total. The third kappa shape index (κ3) is 2.64. The first-order chi connectivity index (χ1) is 7.40. The molecule has 0 spiro atoms. The Hall–Kier alpha value is -1.19. The fourth-order valence-electron chi connectivity index (χ4n) is 1.56. The van der Waals surface area contributed by atoms with Crippen LogP contribution in [-0.2, 0) is 9.47 Å². The second-order valence-electron chi connectivity index (χ2n) is 3.57. The van der Waals surface area contributed by atoms with E-state index in [4.69, 9.17) is 9.47 Å². The van der Waals surface area contributed by atoms with E-state index in [-0.39, 0.29) is 6.29 Å². The summed E-state index contributed by atoms with van der Waals surface area (Å²) in [4.78, 5) is 10.5. The largest absolute Gasteiger partial charge is 0.348 e. The summed E-state index contributed by atoms with van der Waals surface area (Å²) in [5.74, 6) is 0. The van der Waals surface area contributed by atoms with E-state index in [1.165, 1.54) is 0 Å². The predicted molar refractivity (Wildman–Crippen MR) is 55.7 cm³/mol. The van der Waals surface area contributed by atoms with Crippen molar-refractivity contribution in [2.45, 2.75) is 19.1 Å². The van der Waals surface area contributed by atoms with Gasteiger partial charge in [-0.1, -0.05) is 24.3 Å². The maximum Gasteiger partial charge on any atom is 0.183 e. The third-order valence-electron chi connectivity index (χ3n) is 2.42. The van der Waals surface area contributed by atoms with Gasteiger partial charge in [-0.15, -0.1) is 0 Å². The molecule has 3 heteroatoms. The smallest absolute Gasteiger partial charge is 0.183 e. The van der Waals surface area contributed by atoms with Gasteiger partial charge in [-0.25, -0.2) is 0 Å². The van der Waals surface area contributed by atoms with Crippen LogP contribution in [0.25, 0.3) is 0 Å². The molecule has 15 heavy (non-hydrogen) atoms. The Kier molecular flexibility index (Phi) is 3.48. The van der Waals surface area contributed by atoms with Crippen LogP contribution in [0.1, 0.15) is 35.1 Å². The number of carbonyl (C=O) groups excluding carboxylic acids is 1. The molecule has 0 atom stereocenters. The zero-order valence-corrected chi connectivity index (χ0v) is 8.52. The second kappa shape index (κ2) is 5.05. The predicted octanol–water partition coefficient (Wildman–Crippen LogP) is 2.32. The highest BCUT2D eigenvalue weighted by Crippen LogP contribution is 2.22. The molecular formula is C12H14O3. The number of hydrogen-bond donors (Lipinski definition) is 0. The minimum Gasteiger partial charge on any atom is -0.348 e. The van der Waals surface area contributed by atoms with Crippen molar-refractivity contribution in [3.63, 3.8) is 0 Å². The lowest BCUT2D eigenvalue weighted by Crippen LogP contribution is -2.06. The average molecular weight is 206 g/mol. The quantitative estimate of drug-likeness (QED) is 0.696. The summed E-state index contributed by atoms with van der Waals surface area (Å²) in [7, 11) is 0. The molecule has 1 aliphatic rings. The van der Waals surface area contributed by atoms with Gasteiger partial charge in [-0.2, -0.15) is 0 Å². The number of rotatable bonds is 2. The summed E-state index contributed by atoms with van der Waals surface area (Å²) in [6.07, 6.45) is 2.65. The molecule has 0 aliphatic carbocycles. The summed E-state index contributed by atoms with van der Waals surface area (Å²) in [6, 6.07) is 7.30. The minimum atomic E-state index is -0.270. The maximum absolute atomic E-state index is 10.5. The van der Waals surface area contributed by atoms with Crippen molar-refractivity contribution in [3.05, 3.63) is 35.4 Å². The van der Waals surface area contributed by atoms with Crippen LogP contribution in [0.4, 0.5) is 0 Å². The molecule has 80 valence electrons. The van der Waals surface area contributed by atoms with Crippen LogP contribution in [0.2, 0.25) is 0 Å². The van der Waals surface area contributed by atoms with Crippen molar-refractivity contribution in [2.24, 2.45) is 0 Å². The van der Waals surface area contributed by atoms with Crippen LogP contribution in [0.5, 0.6) is 0 Å². The average Bonchev–Trinajstić information content (AvgIpc) is 2.58. The number of benzene rings is 1. The molecule has 1 fully saturated rings. The van der Waals surface area contributed by atoms with Crippen molar-refractivity contribution >= 4 is 6.29 Å². The van der Waals surface area contributed by atoms with Gasteiger partial charge in [0.05, 0.1) is 13.2 Å². The molecule has 0 N–H and O–H groups in total. The minimum absolute atomic E-state index is 0.270. The van der Waals surface area contributed by atoms with Crippen molar-refractivity contribution in [2.75, 3.05) is 13.2 Å². The lowest BCUT2D eigenvalue weighted by molar-refractivity contribution is -0.130. The van der Waals surface area contributed by atoms with Crippen LogP contribution in [-0.4, -0.2) is 19.5 Å². The molecule has 0 aromatic heterocycles. The van der Waals surface area contributed by atoms with E-state index in [9.17, 15) is 4.79 Å². The van der Waals surface area contributed by atoms with Gasteiger partial charge < -0.3 is 9.47 Å². The highest BCUT2D eigenvalue weighted by Gasteiger charge is 2.14. The molecule has 1 heterocycles. The van der Waals surface area contributed by atoms with E-state index in [1.807, 2.05) is 12.1 Å². The first kappa shape index (κ1) is 10.3. The van der Waals surface area contributed by atoms with E-state index in [0.29, 0.717) is 5.56 Å². The van der Waals surface area contributed by atoms with E-state index in [1.54, 1.807) is 12.1 Å². The van der Waals surface area contributed by atoms with Gasteiger partial charge in [0.15, 0.2) is 6.29 Å². The van der Waals surface area contributed by atoms with Crippen LogP contribution in [0, 0.1) is 0 Å². The molecule has 0 saturated carbocycles. The van der Waals surface area contributed by atoms with Crippen molar-refractivity contribution in [1.82, 2.24) is 0 Å². The van der Waals surface area contributed by atoms with Gasteiger partial charge in [0, 0.05) is 11.1 Å². The van der Waals surface area contributed by atoms with E-state index < -0.39 is 0 Å². The van der Waals surface area contributed by atoms with E-state index >= 15 is 0 Å². The van der Waals surface area contributed by atoms with Crippen LogP contribution < -0.4 is 0 Å². The number of ether oxygens (including phenoxy) is 2. The van der Waals surface area contributed by atoms with Crippen LogP contribution >= 0.6 is 0 Å². The topological polar surface area (TPSA) is 35.5 Å². The fraction of sp³-hybridized carbons (Fsp3) is 0.417. The van der Waals surface area contributed by atoms with E-state index in [0.717, 1.165) is 37.9 Å². The van der Waals surface area contributed by atoms with Crippen molar-refractivity contribution in [1.29, 1.82) is 0 Å². The summed E-state index contributed by atoms with van der Waals surface area (Å²) in [6.45, 7) is 1.47. The molecule has 0 bridgehead atoms. The zero-order chi connectivity index (χ0) is 10.5. The van der Waals surface area contributed by atoms with Crippen molar-refractivity contribution < 1.29 is 14.3 Å². The molecule has 1 saturated heterocycles. The lowest BCUT2D eigenvalue weighted by atomic mass is 10.1. The summed E-state index contributed by atoms with van der Waals surface area (Å²) in [5.41, 5.74) is 1.65. The van der Waals surface area contributed by atoms with Gasteiger partial charge >= 0.3 is 0 Å². The van der Waals surface area contributed by atoms with Gasteiger partial charge in [0.1, 0.15) is 6.29 Å². The Balaban J connectivity index is 2.09. The normalized spacial score (nSPS) is 18.4. The zero-order valence-electron chi connectivity index (χ0n) is 8.52. The Bertz CT molecular complexity index is 310.